The van der Waals surface area contributed by atoms with Gasteiger partial charge in [0, 0.05) is 36.9 Å². The summed E-state index contributed by atoms with van der Waals surface area (Å²) in [6.45, 7) is 4.42. The van der Waals surface area contributed by atoms with E-state index in [1.54, 1.807) is 7.11 Å². The first-order valence-electron chi connectivity index (χ1n) is 8.68. The van der Waals surface area contributed by atoms with Crippen LogP contribution in [0, 0.1) is 5.92 Å². The Balaban J connectivity index is 1.51. The van der Waals surface area contributed by atoms with Gasteiger partial charge >= 0.3 is 0 Å². The van der Waals surface area contributed by atoms with Crippen LogP contribution in [0.3, 0.4) is 0 Å². The smallest absolute Gasteiger partial charge is 0.252 e. The molecule has 1 atom stereocenters. The number of amides is 1. The van der Waals surface area contributed by atoms with E-state index in [4.69, 9.17) is 4.74 Å². The first-order valence-corrected chi connectivity index (χ1v) is 9.47. The number of rotatable bonds is 5. The van der Waals surface area contributed by atoms with Crippen LogP contribution < -0.4 is 15.5 Å². The minimum atomic E-state index is -0.645. The van der Waals surface area contributed by atoms with Crippen LogP contribution >= 0.6 is 15.9 Å². The minimum Gasteiger partial charge on any atom is -0.371 e. The Morgan fingerprint density at radius 3 is 2.96 bits per heavy atom. The number of halogens is 1. The zero-order chi connectivity index (χ0) is 17.0. The highest BCUT2D eigenvalue weighted by molar-refractivity contribution is 9.10. The highest BCUT2D eigenvalue weighted by Crippen LogP contribution is 2.27. The topological polar surface area (TPSA) is 53.6 Å². The van der Waals surface area contributed by atoms with Gasteiger partial charge in [0.15, 0.2) is 0 Å². The maximum atomic E-state index is 12.6. The van der Waals surface area contributed by atoms with Gasteiger partial charge in [-0.15, -0.1) is 0 Å². The molecule has 2 N–H and O–H groups in total. The largest absolute Gasteiger partial charge is 0.371 e. The van der Waals surface area contributed by atoms with Gasteiger partial charge in [-0.3, -0.25) is 4.79 Å². The lowest BCUT2D eigenvalue weighted by Gasteiger charge is -2.35. The third kappa shape index (κ3) is 3.92. The Morgan fingerprint density at radius 2 is 2.25 bits per heavy atom. The van der Waals surface area contributed by atoms with Crippen molar-refractivity contribution in [3.05, 3.63) is 28.7 Å². The van der Waals surface area contributed by atoms with Gasteiger partial charge in [0.2, 0.25) is 0 Å². The first-order chi connectivity index (χ1) is 11.6. The fourth-order valence-electron chi connectivity index (χ4n) is 3.66. The molecule has 0 saturated carbocycles. The molecular formula is C18H26BrN3O2. The third-order valence-electron chi connectivity index (χ3n) is 5.23. The number of nitrogens with zero attached hydrogens (tertiary/aromatic N) is 1. The fourth-order valence-corrected chi connectivity index (χ4v) is 4.05. The average molecular weight is 396 g/mol. The lowest BCUT2D eigenvalue weighted by Crippen LogP contribution is -2.54. The van der Waals surface area contributed by atoms with Crippen molar-refractivity contribution >= 4 is 27.5 Å². The molecule has 2 saturated heterocycles. The summed E-state index contributed by atoms with van der Waals surface area (Å²) < 4.78 is 6.69. The Hall–Kier alpha value is -1.11. The van der Waals surface area contributed by atoms with Gasteiger partial charge in [0.1, 0.15) is 5.60 Å². The molecule has 0 spiro atoms. The molecule has 24 heavy (non-hydrogen) atoms. The summed E-state index contributed by atoms with van der Waals surface area (Å²) in [5.41, 5.74) is 0.596. The predicted molar refractivity (Wildman–Crippen MR) is 99.3 cm³/mol. The summed E-state index contributed by atoms with van der Waals surface area (Å²) in [6.07, 6.45) is 2.59. The van der Waals surface area contributed by atoms with E-state index in [1.807, 2.05) is 6.07 Å². The molecule has 0 aromatic heterocycles. The van der Waals surface area contributed by atoms with Crippen molar-refractivity contribution in [3.8, 4) is 0 Å². The second kappa shape index (κ2) is 7.85. The number of methoxy groups -OCH3 is 1. The zero-order valence-corrected chi connectivity index (χ0v) is 15.8. The number of piperidine rings is 1. The molecule has 132 valence electrons. The summed E-state index contributed by atoms with van der Waals surface area (Å²) >= 11 is 3.53. The molecule has 1 aromatic rings. The van der Waals surface area contributed by atoms with Crippen molar-refractivity contribution in [1.29, 1.82) is 0 Å². The van der Waals surface area contributed by atoms with Crippen LogP contribution in [0.25, 0.3) is 0 Å². The van der Waals surface area contributed by atoms with Crippen molar-refractivity contribution in [1.82, 2.24) is 10.6 Å². The summed E-state index contributed by atoms with van der Waals surface area (Å²) in [5, 5.41) is 6.43. The van der Waals surface area contributed by atoms with Gasteiger partial charge in [0.25, 0.3) is 5.91 Å². The van der Waals surface area contributed by atoms with Crippen molar-refractivity contribution in [2.45, 2.75) is 24.9 Å². The number of ether oxygens (including phenoxy) is 1. The molecule has 0 radical (unpaired) electrons. The lowest BCUT2D eigenvalue weighted by molar-refractivity contribution is -0.146. The molecule has 1 amide bonds. The number of nitrogens with one attached hydrogen (secondary N) is 2. The average Bonchev–Trinajstić information content (AvgIpc) is 3.09. The van der Waals surface area contributed by atoms with Crippen molar-refractivity contribution in [2.75, 3.05) is 44.7 Å². The van der Waals surface area contributed by atoms with E-state index < -0.39 is 5.60 Å². The molecule has 1 aromatic carbocycles. The van der Waals surface area contributed by atoms with Gasteiger partial charge in [-0.05, 0) is 56.5 Å². The van der Waals surface area contributed by atoms with Crippen LogP contribution in [0.15, 0.2) is 28.7 Å². The van der Waals surface area contributed by atoms with Crippen LogP contribution in [0.5, 0.6) is 0 Å². The summed E-state index contributed by atoms with van der Waals surface area (Å²) in [6, 6.07) is 8.39. The highest BCUT2D eigenvalue weighted by atomic mass is 79.9. The zero-order valence-electron chi connectivity index (χ0n) is 14.2. The molecule has 6 heteroatoms. The molecule has 0 aliphatic carbocycles. The monoisotopic (exact) mass is 395 g/mol. The fraction of sp³-hybridized carbons (Fsp3) is 0.611. The second-order valence-electron chi connectivity index (χ2n) is 6.74. The standard InChI is InChI=1S/C18H26BrN3O2/c1-24-18(6-8-20-9-7-18)17(23)21-12-14-5-10-22(13-14)16-4-2-3-15(19)11-16/h2-4,11,14,20H,5-10,12-13H2,1H3,(H,21,23). The SMILES string of the molecule is COC1(C(=O)NCC2CCN(c3cccc(Br)c3)C2)CCNCC1. The second-order valence-corrected chi connectivity index (χ2v) is 7.65. The number of hydrogen-bond acceptors (Lipinski definition) is 4. The third-order valence-corrected chi connectivity index (χ3v) is 5.72. The molecule has 5 nitrogen and oxygen atoms in total. The molecule has 3 rings (SSSR count). The van der Waals surface area contributed by atoms with Crippen LogP contribution in [-0.4, -0.2) is 51.3 Å². The molecule has 0 bridgehead atoms. The molecule has 2 aliphatic rings. The van der Waals surface area contributed by atoms with Crippen LogP contribution in [0.4, 0.5) is 5.69 Å². The Morgan fingerprint density at radius 1 is 1.46 bits per heavy atom. The van der Waals surface area contributed by atoms with Crippen LogP contribution in [0.2, 0.25) is 0 Å². The summed E-state index contributed by atoms with van der Waals surface area (Å²) in [7, 11) is 1.65. The summed E-state index contributed by atoms with van der Waals surface area (Å²) in [5.74, 6) is 0.538. The van der Waals surface area contributed by atoms with Crippen molar-refractivity contribution in [2.24, 2.45) is 5.92 Å². The van der Waals surface area contributed by atoms with E-state index in [0.29, 0.717) is 5.92 Å². The normalized spacial score (nSPS) is 23.2. The van der Waals surface area contributed by atoms with Crippen molar-refractivity contribution in [3.63, 3.8) is 0 Å². The van der Waals surface area contributed by atoms with Crippen LogP contribution in [-0.2, 0) is 9.53 Å². The van der Waals surface area contributed by atoms with Gasteiger partial charge in [0.05, 0.1) is 0 Å². The van der Waals surface area contributed by atoms with E-state index >= 15 is 0 Å². The summed E-state index contributed by atoms with van der Waals surface area (Å²) in [4.78, 5) is 15.0. The quantitative estimate of drug-likeness (QED) is 0.801. The molecular weight excluding hydrogens is 370 g/mol. The predicted octanol–water partition coefficient (Wildman–Crippen LogP) is 2.16. The number of carbonyl (C=O) groups excluding carboxylic acids is 1. The molecule has 1 unspecified atom stereocenters. The number of anilines is 1. The van der Waals surface area contributed by atoms with Crippen molar-refractivity contribution < 1.29 is 9.53 Å². The van der Waals surface area contributed by atoms with Crippen LogP contribution in [0.1, 0.15) is 19.3 Å². The van der Waals surface area contributed by atoms with Gasteiger partial charge in [-0.1, -0.05) is 22.0 Å². The lowest BCUT2D eigenvalue weighted by atomic mass is 9.91. The van der Waals surface area contributed by atoms with Gasteiger partial charge in [-0.25, -0.2) is 0 Å². The molecule has 2 heterocycles. The van der Waals surface area contributed by atoms with Gasteiger partial charge in [-0.2, -0.15) is 0 Å². The number of hydrogen-bond donors (Lipinski definition) is 2. The Bertz CT molecular complexity index is 575. The van der Waals surface area contributed by atoms with E-state index in [1.165, 1.54) is 5.69 Å². The Labute approximate surface area is 152 Å². The van der Waals surface area contributed by atoms with Gasteiger partial charge < -0.3 is 20.3 Å². The number of carbonyl (C=O) groups is 1. The maximum absolute atomic E-state index is 12.6. The van der Waals surface area contributed by atoms with E-state index in [9.17, 15) is 4.79 Å². The highest BCUT2D eigenvalue weighted by Gasteiger charge is 2.39. The van der Waals surface area contributed by atoms with E-state index in [2.05, 4.69) is 49.7 Å². The first kappa shape index (κ1) is 17.7. The molecule has 2 aliphatic heterocycles. The van der Waals surface area contributed by atoms with E-state index in [-0.39, 0.29) is 5.91 Å². The maximum Gasteiger partial charge on any atom is 0.252 e. The molecule has 2 fully saturated rings. The Kier molecular flexibility index (Phi) is 5.79. The van der Waals surface area contributed by atoms with E-state index in [0.717, 1.165) is 56.5 Å². The minimum absolute atomic E-state index is 0.0485. The number of benzene rings is 1.